The highest BCUT2D eigenvalue weighted by Gasteiger charge is 2.42. The Morgan fingerprint density at radius 3 is 2.53 bits per heavy atom. The number of ether oxygens (including phenoxy) is 2. The molecule has 1 aromatic heterocycles. The second-order valence-electron chi connectivity index (χ2n) is 6.80. The van der Waals surface area contributed by atoms with Crippen LogP contribution in [0.3, 0.4) is 0 Å². The van der Waals surface area contributed by atoms with Crippen molar-refractivity contribution in [2.75, 3.05) is 19.5 Å². The summed E-state index contributed by atoms with van der Waals surface area (Å²) in [4.78, 5) is 45.3. The van der Waals surface area contributed by atoms with E-state index in [9.17, 15) is 14.4 Å². The zero-order chi connectivity index (χ0) is 22.8. The van der Waals surface area contributed by atoms with Gasteiger partial charge in [0.05, 0.1) is 30.4 Å². The van der Waals surface area contributed by atoms with Gasteiger partial charge in [-0.15, -0.1) is 11.3 Å². The van der Waals surface area contributed by atoms with Crippen molar-refractivity contribution >= 4 is 51.7 Å². The number of carbonyl (C=O) groups is 3. The fraction of sp³-hybridized carbons (Fsp3) is 0.182. The van der Waals surface area contributed by atoms with Crippen molar-refractivity contribution in [3.05, 3.63) is 68.9 Å². The number of allylic oxidation sites excluding steroid dienone is 1. The van der Waals surface area contributed by atoms with Gasteiger partial charge in [-0.2, -0.15) is 0 Å². The summed E-state index contributed by atoms with van der Waals surface area (Å²) in [5.41, 5.74) is 1.31. The summed E-state index contributed by atoms with van der Waals surface area (Å²) in [6.07, 6.45) is 1.26. The molecule has 0 saturated carbocycles. The lowest BCUT2D eigenvalue weighted by Gasteiger charge is -2.37. The van der Waals surface area contributed by atoms with Gasteiger partial charge in [-0.1, -0.05) is 6.07 Å². The molecule has 10 heteroatoms. The Morgan fingerprint density at radius 2 is 1.91 bits per heavy atom. The molecule has 0 aliphatic carbocycles. The Morgan fingerprint density at radius 1 is 1.16 bits per heavy atom. The van der Waals surface area contributed by atoms with E-state index in [1.165, 1.54) is 29.4 Å². The quantitative estimate of drug-likeness (QED) is 0.671. The molecule has 0 fully saturated rings. The number of carbonyl (C=O) groups excluding carboxylic acids is 3. The van der Waals surface area contributed by atoms with Crippen molar-refractivity contribution in [3.8, 4) is 5.75 Å². The van der Waals surface area contributed by atoms with Crippen LogP contribution in [0.5, 0.6) is 5.75 Å². The lowest BCUT2D eigenvalue weighted by atomic mass is 10.0. The standard InChI is InChI=1S/C22H19N3O5S2/c1-12-18(21(28)30-3)19(15-5-4-10-31-15)25-17(26)11-16(32-22(25)23-12)20(27)24-13-6-8-14(29-2)9-7-13/h4-11,19H,1-3H3,(H,24,27). The monoisotopic (exact) mass is 469 g/mol. The molecule has 32 heavy (non-hydrogen) atoms. The molecule has 1 unspecified atom stereocenters. The van der Waals surface area contributed by atoms with Crippen LogP contribution in [0.4, 0.5) is 5.69 Å². The van der Waals surface area contributed by atoms with Crippen LogP contribution in [-0.4, -0.2) is 42.1 Å². The average Bonchev–Trinajstić information content (AvgIpc) is 3.32. The summed E-state index contributed by atoms with van der Waals surface area (Å²) < 4.78 is 10.1. The van der Waals surface area contributed by atoms with Gasteiger partial charge in [-0.25, -0.2) is 9.79 Å². The summed E-state index contributed by atoms with van der Waals surface area (Å²) in [7, 11) is 2.85. The number of nitrogens with one attached hydrogen (secondary N) is 1. The topological polar surface area (TPSA) is 97.3 Å². The number of benzene rings is 1. The lowest BCUT2D eigenvalue weighted by molar-refractivity contribution is -0.137. The molecular weight excluding hydrogens is 450 g/mol. The Hall–Kier alpha value is -3.37. The SMILES string of the molecule is COC(=O)C1=C(C)N=C2SC(C(=O)Nc3ccc(OC)cc3)=CC(=O)N2C1c1cccs1. The van der Waals surface area contributed by atoms with Crippen LogP contribution in [0, 0.1) is 0 Å². The predicted molar refractivity (Wildman–Crippen MR) is 123 cm³/mol. The van der Waals surface area contributed by atoms with Gasteiger partial charge in [-0.3, -0.25) is 14.5 Å². The number of hydrogen-bond acceptors (Lipinski definition) is 8. The van der Waals surface area contributed by atoms with E-state index in [-0.39, 0.29) is 4.91 Å². The molecule has 2 aliphatic rings. The van der Waals surface area contributed by atoms with E-state index < -0.39 is 23.8 Å². The minimum atomic E-state index is -0.669. The van der Waals surface area contributed by atoms with E-state index in [0.29, 0.717) is 27.9 Å². The molecule has 1 atom stereocenters. The van der Waals surface area contributed by atoms with E-state index >= 15 is 0 Å². The molecule has 8 nitrogen and oxygen atoms in total. The van der Waals surface area contributed by atoms with E-state index in [1.807, 2.05) is 17.5 Å². The first kappa shape index (κ1) is 21.8. The maximum absolute atomic E-state index is 13.1. The first-order valence-corrected chi connectivity index (χ1v) is 11.2. The Bertz CT molecular complexity index is 1170. The van der Waals surface area contributed by atoms with Crippen molar-refractivity contribution in [2.45, 2.75) is 13.0 Å². The second kappa shape index (κ2) is 9.01. The zero-order valence-corrected chi connectivity index (χ0v) is 19.1. The number of amides is 2. The first-order valence-electron chi connectivity index (χ1n) is 9.52. The molecule has 0 radical (unpaired) electrons. The van der Waals surface area contributed by atoms with Gasteiger partial charge in [0.1, 0.15) is 11.8 Å². The summed E-state index contributed by atoms with van der Waals surface area (Å²) in [5.74, 6) is -0.743. The minimum Gasteiger partial charge on any atom is -0.497 e. The van der Waals surface area contributed by atoms with Gasteiger partial charge in [-0.05, 0) is 54.4 Å². The number of amidine groups is 1. The Kier molecular flexibility index (Phi) is 6.15. The third-order valence-corrected chi connectivity index (χ3v) is 6.79. The smallest absolute Gasteiger partial charge is 0.338 e. The number of anilines is 1. The summed E-state index contributed by atoms with van der Waals surface area (Å²) in [6.45, 7) is 1.69. The number of nitrogens with zero attached hydrogens (tertiary/aromatic N) is 2. The van der Waals surface area contributed by atoms with E-state index in [4.69, 9.17) is 9.47 Å². The molecule has 2 amide bonds. The van der Waals surface area contributed by atoms with E-state index in [1.54, 1.807) is 38.3 Å². The maximum atomic E-state index is 13.1. The van der Waals surface area contributed by atoms with Gasteiger partial charge >= 0.3 is 5.97 Å². The lowest BCUT2D eigenvalue weighted by Crippen LogP contribution is -2.44. The van der Waals surface area contributed by atoms with E-state index in [0.717, 1.165) is 16.6 Å². The number of esters is 1. The molecule has 164 valence electrons. The fourth-order valence-electron chi connectivity index (χ4n) is 3.36. The van der Waals surface area contributed by atoms with Crippen molar-refractivity contribution in [1.29, 1.82) is 0 Å². The van der Waals surface area contributed by atoms with Crippen LogP contribution in [0.15, 0.2) is 69.0 Å². The van der Waals surface area contributed by atoms with Crippen LogP contribution >= 0.6 is 23.1 Å². The van der Waals surface area contributed by atoms with Crippen molar-refractivity contribution in [2.24, 2.45) is 4.99 Å². The largest absolute Gasteiger partial charge is 0.497 e. The summed E-state index contributed by atoms with van der Waals surface area (Å²) in [6, 6.07) is 9.90. The Labute approximate surface area is 192 Å². The number of fused-ring (bicyclic) bond motifs is 1. The van der Waals surface area contributed by atoms with Crippen LogP contribution in [0.25, 0.3) is 0 Å². The highest BCUT2D eigenvalue weighted by molar-refractivity contribution is 8.18. The third-order valence-electron chi connectivity index (χ3n) is 4.87. The van der Waals surface area contributed by atoms with Gasteiger partial charge in [0.2, 0.25) is 0 Å². The average molecular weight is 470 g/mol. The van der Waals surface area contributed by atoms with Gasteiger partial charge < -0.3 is 14.8 Å². The van der Waals surface area contributed by atoms with Crippen LogP contribution in [0.2, 0.25) is 0 Å². The molecule has 4 rings (SSSR count). The molecule has 1 N–H and O–H groups in total. The summed E-state index contributed by atoms with van der Waals surface area (Å²) >= 11 is 2.50. The van der Waals surface area contributed by atoms with Gasteiger partial charge in [0.25, 0.3) is 11.8 Å². The van der Waals surface area contributed by atoms with Crippen molar-refractivity contribution in [1.82, 2.24) is 4.90 Å². The number of hydrogen-bond donors (Lipinski definition) is 1. The normalized spacial score (nSPS) is 17.9. The first-order chi connectivity index (χ1) is 15.4. The molecule has 1 aromatic carbocycles. The number of aliphatic imine (C=N–C) groups is 1. The summed E-state index contributed by atoms with van der Waals surface area (Å²) in [5, 5.41) is 4.98. The maximum Gasteiger partial charge on any atom is 0.338 e. The number of thioether (sulfide) groups is 1. The second-order valence-corrected chi connectivity index (χ2v) is 8.79. The minimum absolute atomic E-state index is 0.208. The van der Waals surface area contributed by atoms with Gasteiger partial charge in [0, 0.05) is 16.6 Å². The number of thiophene rings is 1. The predicted octanol–water partition coefficient (Wildman–Crippen LogP) is 3.71. The number of rotatable bonds is 5. The molecule has 0 spiro atoms. The van der Waals surface area contributed by atoms with Crippen molar-refractivity contribution in [3.63, 3.8) is 0 Å². The van der Waals surface area contributed by atoms with Gasteiger partial charge in [0.15, 0.2) is 5.17 Å². The molecule has 0 bridgehead atoms. The third kappa shape index (κ3) is 4.06. The van der Waals surface area contributed by atoms with E-state index in [2.05, 4.69) is 10.3 Å². The molecule has 3 heterocycles. The van der Waals surface area contributed by atoms with Crippen LogP contribution in [-0.2, 0) is 19.1 Å². The van der Waals surface area contributed by atoms with Crippen LogP contribution < -0.4 is 10.1 Å². The fourth-order valence-corrected chi connectivity index (χ4v) is 5.16. The molecule has 0 saturated heterocycles. The Balaban J connectivity index is 1.66. The van der Waals surface area contributed by atoms with Crippen LogP contribution in [0.1, 0.15) is 17.8 Å². The molecular formula is C22H19N3O5S2. The highest BCUT2D eigenvalue weighted by Crippen LogP contribution is 2.43. The van der Waals surface area contributed by atoms with Crippen molar-refractivity contribution < 1.29 is 23.9 Å². The molecule has 2 aliphatic heterocycles. The number of methoxy groups -OCH3 is 2. The zero-order valence-electron chi connectivity index (χ0n) is 17.4. The molecule has 2 aromatic rings. The highest BCUT2D eigenvalue weighted by atomic mass is 32.2.